The molecule has 0 heterocycles. The number of hydrogen-bond donors (Lipinski definition) is 3. The maximum Gasteiger partial charge on any atom is 0.339 e. The largest absolute Gasteiger partial charge is 0.493 e. The smallest absolute Gasteiger partial charge is 0.339 e. The fourth-order valence-corrected chi connectivity index (χ4v) is 3.35. The summed E-state index contributed by atoms with van der Waals surface area (Å²) in [6.07, 6.45) is 0. The lowest BCUT2D eigenvalue weighted by molar-refractivity contribution is 0.0514. The van der Waals surface area contributed by atoms with Gasteiger partial charge in [-0.25, -0.2) is 9.59 Å². The summed E-state index contributed by atoms with van der Waals surface area (Å²) in [5.41, 5.74) is 1.89. The van der Waals surface area contributed by atoms with Gasteiger partial charge in [-0.05, 0) is 31.2 Å². The molecule has 0 fully saturated rings. The van der Waals surface area contributed by atoms with Crippen LogP contribution in [0.5, 0.6) is 17.2 Å². The van der Waals surface area contributed by atoms with Crippen LogP contribution < -0.4 is 24.8 Å². The normalized spacial score (nSPS) is 10.2. The Morgan fingerprint density at radius 3 is 1.85 bits per heavy atom. The van der Waals surface area contributed by atoms with Gasteiger partial charge < -0.3 is 34.7 Å². The molecule has 0 saturated carbocycles. The second-order valence-corrected chi connectivity index (χ2v) is 7.00. The molecule has 0 spiro atoms. The Kier molecular flexibility index (Phi) is 7.81. The standard InChI is InChI=1S/C25H26N2O7/c1-5-34-25(30)18-14-20(27-16-11-21(31-2)23(33-4)22(12-16)32-3)19(13-17(18)24(28)29)26-15-9-7-6-8-10-15/h6-14,26-27H,5H2,1-4H3,(H,28,29). The van der Waals surface area contributed by atoms with Crippen LogP contribution in [0.2, 0.25) is 0 Å². The van der Waals surface area contributed by atoms with Gasteiger partial charge in [-0.1, -0.05) is 18.2 Å². The van der Waals surface area contributed by atoms with Crippen LogP contribution in [0, 0.1) is 0 Å². The van der Waals surface area contributed by atoms with Crippen molar-refractivity contribution in [1.29, 1.82) is 0 Å². The van der Waals surface area contributed by atoms with Crippen molar-refractivity contribution in [2.45, 2.75) is 6.92 Å². The van der Waals surface area contributed by atoms with Crippen molar-refractivity contribution in [1.82, 2.24) is 0 Å². The molecule has 0 unspecified atom stereocenters. The van der Waals surface area contributed by atoms with E-state index in [0.717, 1.165) is 5.69 Å². The highest BCUT2D eigenvalue weighted by Gasteiger charge is 2.22. The molecule has 9 heteroatoms. The van der Waals surface area contributed by atoms with Crippen LogP contribution in [0.3, 0.4) is 0 Å². The zero-order valence-electron chi connectivity index (χ0n) is 19.3. The van der Waals surface area contributed by atoms with E-state index in [1.54, 1.807) is 19.1 Å². The van der Waals surface area contributed by atoms with Crippen molar-refractivity contribution < 1.29 is 33.6 Å². The van der Waals surface area contributed by atoms with E-state index in [1.165, 1.54) is 33.5 Å². The Hall–Kier alpha value is -4.40. The van der Waals surface area contributed by atoms with E-state index < -0.39 is 11.9 Å². The molecule has 0 aliphatic heterocycles. The number of carbonyl (C=O) groups excluding carboxylic acids is 1. The number of carbonyl (C=O) groups is 2. The van der Waals surface area contributed by atoms with Crippen LogP contribution in [0.1, 0.15) is 27.6 Å². The van der Waals surface area contributed by atoms with Crippen LogP contribution in [-0.2, 0) is 4.74 Å². The van der Waals surface area contributed by atoms with Gasteiger partial charge in [0.2, 0.25) is 5.75 Å². The Bertz CT molecular complexity index is 1150. The molecule has 3 rings (SSSR count). The SMILES string of the molecule is CCOC(=O)c1cc(Nc2cc(OC)c(OC)c(OC)c2)c(Nc2ccccc2)cc1C(=O)O. The number of hydrogen-bond acceptors (Lipinski definition) is 8. The molecule has 3 aromatic rings. The average molecular weight is 466 g/mol. The van der Waals surface area contributed by atoms with Gasteiger partial charge in [-0.15, -0.1) is 0 Å². The van der Waals surface area contributed by atoms with Crippen LogP contribution in [0.4, 0.5) is 22.7 Å². The number of ether oxygens (including phenoxy) is 4. The molecule has 0 aliphatic rings. The molecule has 178 valence electrons. The number of nitrogens with one attached hydrogen (secondary N) is 2. The van der Waals surface area contributed by atoms with Crippen molar-refractivity contribution in [2.24, 2.45) is 0 Å². The lowest BCUT2D eigenvalue weighted by Gasteiger charge is -2.19. The highest BCUT2D eigenvalue weighted by molar-refractivity contribution is 6.05. The fourth-order valence-electron chi connectivity index (χ4n) is 3.35. The second-order valence-electron chi connectivity index (χ2n) is 7.00. The molecule has 0 radical (unpaired) electrons. The minimum Gasteiger partial charge on any atom is -0.493 e. The van der Waals surface area contributed by atoms with E-state index in [-0.39, 0.29) is 17.7 Å². The predicted molar refractivity (Wildman–Crippen MR) is 128 cm³/mol. The molecule has 0 amide bonds. The fraction of sp³-hybridized carbons (Fsp3) is 0.200. The summed E-state index contributed by atoms with van der Waals surface area (Å²) in [6, 6.07) is 15.5. The molecule has 0 atom stereocenters. The summed E-state index contributed by atoms with van der Waals surface area (Å²) in [5, 5.41) is 16.2. The molecule has 9 nitrogen and oxygen atoms in total. The number of rotatable bonds is 10. The summed E-state index contributed by atoms with van der Waals surface area (Å²) in [5.74, 6) is -0.714. The molecule has 3 aromatic carbocycles. The Labute approximate surface area is 197 Å². The van der Waals surface area contributed by atoms with Gasteiger partial charge in [0, 0.05) is 23.5 Å². The molecular formula is C25H26N2O7. The van der Waals surface area contributed by atoms with Gasteiger partial charge >= 0.3 is 11.9 Å². The van der Waals surface area contributed by atoms with Gasteiger partial charge in [0.1, 0.15) is 0 Å². The first kappa shape index (κ1) is 24.2. The maximum absolute atomic E-state index is 12.5. The van der Waals surface area contributed by atoms with Gasteiger partial charge in [0.15, 0.2) is 11.5 Å². The first-order valence-corrected chi connectivity index (χ1v) is 10.4. The first-order valence-electron chi connectivity index (χ1n) is 10.4. The average Bonchev–Trinajstić information content (AvgIpc) is 2.84. The molecule has 34 heavy (non-hydrogen) atoms. The lowest BCUT2D eigenvalue weighted by Crippen LogP contribution is -2.13. The minimum absolute atomic E-state index is 0.0806. The summed E-state index contributed by atoms with van der Waals surface area (Å²) >= 11 is 0. The van der Waals surface area contributed by atoms with Crippen molar-refractivity contribution in [3.63, 3.8) is 0 Å². The Morgan fingerprint density at radius 1 is 0.794 bits per heavy atom. The van der Waals surface area contributed by atoms with E-state index >= 15 is 0 Å². The number of carboxylic acids is 1. The molecule has 0 aromatic heterocycles. The number of anilines is 4. The quantitative estimate of drug-likeness (QED) is 0.352. The van der Waals surface area contributed by atoms with E-state index in [1.807, 2.05) is 30.3 Å². The molecular weight excluding hydrogens is 440 g/mol. The Balaban J connectivity index is 2.16. The van der Waals surface area contributed by atoms with Gasteiger partial charge in [-0.2, -0.15) is 0 Å². The van der Waals surface area contributed by atoms with E-state index in [4.69, 9.17) is 18.9 Å². The summed E-state index contributed by atoms with van der Waals surface area (Å²) in [4.78, 5) is 24.5. The topological polar surface area (TPSA) is 115 Å². The number of benzene rings is 3. The van der Waals surface area contributed by atoms with Gasteiger partial charge in [0.05, 0.1) is 50.4 Å². The molecule has 0 bridgehead atoms. The third-order valence-corrected chi connectivity index (χ3v) is 4.88. The summed E-state index contributed by atoms with van der Waals surface area (Å²) < 4.78 is 21.3. The summed E-state index contributed by atoms with van der Waals surface area (Å²) in [6.45, 7) is 1.76. The first-order chi connectivity index (χ1) is 16.4. The third-order valence-electron chi connectivity index (χ3n) is 4.88. The lowest BCUT2D eigenvalue weighted by atomic mass is 10.0. The Morgan fingerprint density at radius 2 is 1.35 bits per heavy atom. The third kappa shape index (κ3) is 5.32. The van der Waals surface area contributed by atoms with E-state index in [9.17, 15) is 14.7 Å². The molecule has 3 N–H and O–H groups in total. The number of carboxylic acid groups (broad SMARTS) is 1. The minimum atomic E-state index is -1.25. The van der Waals surface area contributed by atoms with Crippen molar-refractivity contribution in [3.05, 3.63) is 65.7 Å². The number of para-hydroxylation sites is 1. The second kappa shape index (κ2) is 11.0. The van der Waals surface area contributed by atoms with Crippen LogP contribution in [0.25, 0.3) is 0 Å². The zero-order chi connectivity index (χ0) is 24.7. The highest BCUT2D eigenvalue weighted by Crippen LogP contribution is 2.42. The monoisotopic (exact) mass is 466 g/mol. The zero-order valence-corrected chi connectivity index (χ0v) is 19.3. The van der Waals surface area contributed by atoms with Crippen molar-refractivity contribution in [3.8, 4) is 17.2 Å². The van der Waals surface area contributed by atoms with Crippen molar-refractivity contribution in [2.75, 3.05) is 38.6 Å². The summed E-state index contributed by atoms with van der Waals surface area (Å²) in [7, 11) is 4.51. The van der Waals surface area contributed by atoms with Crippen molar-refractivity contribution >= 4 is 34.7 Å². The van der Waals surface area contributed by atoms with Crippen LogP contribution >= 0.6 is 0 Å². The van der Waals surface area contributed by atoms with Crippen LogP contribution in [-0.4, -0.2) is 45.0 Å². The highest BCUT2D eigenvalue weighted by atomic mass is 16.5. The maximum atomic E-state index is 12.5. The molecule has 0 aliphatic carbocycles. The number of methoxy groups -OCH3 is 3. The predicted octanol–water partition coefficient (Wildman–Crippen LogP) is 5.07. The number of esters is 1. The van der Waals surface area contributed by atoms with E-state index in [0.29, 0.717) is 34.3 Å². The van der Waals surface area contributed by atoms with Gasteiger partial charge in [-0.3, -0.25) is 0 Å². The van der Waals surface area contributed by atoms with Crippen LogP contribution in [0.15, 0.2) is 54.6 Å². The molecule has 0 saturated heterocycles. The van der Waals surface area contributed by atoms with Gasteiger partial charge in [0.25, 0.3) is 0 Å². The van der Waals surface area contributed by atoms with E-state index in [2.05, 4.69) is 10.6 Å². The number of aromatic carboxylic acids is 1.